The maximum atomic E-state index is 13.0. The zero-order valence-electron chi connectivity index (χ0n) is 23.6. The molecule has 0 atom stereocenters. The Balaban J connectivity index is 1.62. The summed E-state index contributed by atoms with van der Waals surface area (Å²) in [6.07, 6.45) is 10.5. The molecule has 2 aromatic rings. The topological polar surface area (TPSA) is 120 Å². The van der Waals surface area contributed by atoms with Crippen LogP contribution in [-0.2, 0) is 4.79 Å². The number of aliphatic hydroxyl groups is 1. The number of anilines is 4. The summed E-state index contributed by atoms with van der Waals surface area (Å²) in [6.45, 7) is 5.12. The molecule has 212 valence electrons. The van der Waals surface area contributed by atoms with Gasteiger partial charge in [0.1, 0.15) is 11.4 Å². The van der Waals surface area contributed by atoms with Crippen molar-refractivity contribution in [3.63, 3.8) is 0 Å². The van der Waals surface area contributed by atoms with Crippen LogP contribution in [0.25, 0.3) is 0 Å². The molecule has 4 rings (SSSR count). The summed E-state index contributed by atoms with van der Waals surface area (Å²) in [5.74, 6) is 1.75. The SMILES string of the molecule is COc1cc(C(=O)NC2(CO)CCCC2)ccc1Nc1ncc(N(C)C=O)c(N(CC(C)C)C2CCCC2)n1. The number of amides is 2. The summed E-state index contributed by atoms with van der Waals surface area (Å²) in [5, 5.41) is 16.2. The average molecular weight is 539 g/mol. The van der Waals surface area contributed by atoms with Crippen molar-refractivity contribution in [2.24, 2.45) is 5.92 Å². The van der Waals surface area contributed by atoms with Crippen molar-refractivity contribution in [3.8, 4) is 5.75 Å². The fraction of sp³-hybridized carbons (Fsp3) is 0.586. The molecule has 1 aromatic carbocycles. The third kappa shape index (κ3) is 6.61. The van der Waals surface area contributed by atoms with Crippen molar-refractivity contribution >= 4 is 35.5 Å². The number of carbonyl (C=O) groups excluding carboxylic acids is 2. The van der Waals surface area contributed by atoms with Gasteiger partial charge in [0.2, 0.25) is 12.4 Å². The molecule has 0 saturated heterocycles. The Bertz CT molecular complexity index is 1140. The number of hydrogen-bond acceptors (Lipinski definition) is 8. The average Bonchev–Trinajstić information content (AvgIpc) is 3.64. The maximum absolute atomic E-state index is 13.0. The summed E-state index contributed by atoms with van der Waals surface area (Å²) < 4.78 is 5.61. The van der Waals surface area contributed by atoms with Crippen molar-refractivity contribution in [1.82, 2.24) is 15.3 Å². The number of hydrogen-bond donors (Lipinski definition) is 3. The summed E-state index contributed by atoms with van der Waals surface area (Å²) in [7, 11) is 3.26. The lowest BCUT2D eigenvalue weighted by molar-refractivity contribution is -0.107. The van der Waals surface area contributed by atoms with Gasteiger partial charge in [-0.15, -0.1) is 0 Å². The zero-order chi connectivity index (χ0) is 28.0. The van der Waals surface area contributed by atoms with E-state index in [0.717, 1.165) is 57.3 Å². The van der Waals surface area contributed by atoms with E-state index in [4.69, 9.17) is 9.72 Å². The van der Waals surface area contributed by atoms with Crippen LogP contribution in [0.2, 0.25) is 0 Å². The van der Waals surface area contributed by atoms with Crippen LogP contribution < -0.4 is 25.2 Å². The number of rotatable bonds is 12. The molecule has 0 unspecified atom stereocenters. The molecule has 1 heterocycles. The van der Waals surface area contributed by atoms with Crippen LogP contribution in [0.4, 0.5) is 23.1 Å². The fourth-order valence-corrected chi connectivity index (χ4v) is 5.71. The van der Waals surface area contributed by atoms with Gasteiger partial charge in [-0.05, 0) is 49.8 Å². The van der Waals surface area contributed by atoms with E-state index in [1.165, 1.54) is 17.7 Å². The van der Waals surface area contributed by atoms with Gasteiger partial charge in [-0.2, -0.15) is 4.98 Å². The van der Waals surface area contributed by atoms with Crippen LogP contribution in [0.15, 0.2) is 24.4 Å². The first-order valence-electron chi connectivity index (χ1n) is 14.0. The zero-order valence-corrected chi connectivity index (χ0v) is 23.6. The van der Waals surface area contributed by atoms with Crippen LogP contribution >= 0.6 is 0 Å². The molecular weight excluding hydrogens is 496 g/mol. The molecular formula is C29H42N6O4. The smallest absolute Gasteiger partial charge is 0.251 e. The monoisotopic (exact) mass is 538 g/mol. The van der Waals surface area contributed by atoms with Gasteiger partial charge < -0.3 is 30.3 Å². The molecule has 2 amide bonds. The number of nitrogens with zero attached hydrogens (tertiary/aromatic N) is 4. The Labute approximate surface area is 231 Å². The van der Waals surface area contributed by atoms with E-state index in [1.54, 1.807) is 38.6 Å². The first kappa shape index (κ1) is 28.6. The van der Waals surface area contributed by atoms with Crippen molar-refractivity contribution < 1.29 is 19.4 Å². The van der Waals surface area contributed by atoms with Gasteiger partial charge in [-0.1, -0.05) is 39.5 Å². The second kappa shape index (κ2) is 12.6. The lowest BCUT2D eigenvalue weighted by atomic mass is 9.98. The molecule has 0 radical (unpaired) electrons. The Morgan fingerprint density at radius 2 is 1.95 bits per heavy atom. The second-order valence-corrected chi connectivity index (χ2v) is 11.2. The third-order valence-electron chi connectivity index (χ3n) is 7.84. The molecule has 2 aliphatic rings. The maximum Gasteiger partial charge on any atom is 0.251 e. The van der Waals surface area contributed by atoms with Crippen LogP contribution in [0, 0.1) is 5.92 Å². The van der Waals surface area contributed by atoms with Gasteiger partial charge in [0, 0.05) is 25.2 Å². The highest BCUT2D eigenvalue weighted by Gasteiger charge is 2.35. The Kier molecular flexibility index (Phi) is 9.27. The summed E-state index contributed by atoms with van der Waals surface area (Å²) in [4.78, 5) is 37.9. The molecule has 10 nitrogen and oxygen atoms in total. The molecule has 39 heavy (non-hydrogen) atoms. The fourth-order valence-electron chi connectivity index (χ4n) is 5.71. The first-order chi connectivity index (χ1) is 18.8. The van der Waals surface area contributed by atoms with Crippen molar-refractivity contribution in [2.75, 3.05) is 42.4 Å². The highest BCUT2D eigenvalue weighted by atomic mass is 16.5. The molecule has 10 heteroatoms. The molecule has 2 saturated carbocycles. The number of carbonyl (C=O) groups is 2. The van der Waals surface area contributed by atoms with Crippen LogP contribution in [0.1, 0.15) is 75.6 Å². The predicted molar refractivity (Wildman–Crippen MR) is 153 cm³/mol. The number of aliphatic hydroxyl groups excluding tert-OH is 1. The Morgan fingerprint density at radius 3 is 2.56 bits per heavy atom. The van der Waals surface area contributed by atoms with Crippen LogP contribution in [-0.4, -0.2) is 66.3 Å². The third-order valence-corrected chi connectivity index (χ3v) is 7.84. The van der Waals surface area contributed by atoms with Gasteiger partial charge in [0.25, 0.3) is 5.91 Å². The molecule has 0 spiro atoms. The van der Waals surface area contributed by atoms with Crippen LogP contribution in [0.3, 0.4) is 0 Å². The first-order valence-corrected chi connectivity index (χ1v) is 14.0. The van der Waals surface area contributed by atoms with E-state index in [2.05, 4.69) is 34.4 Å². The predicted octanol–water partition coefficient (Wildman–Crippen LogP) is 4.26. The van der Waals surface area contributed by atoms with Crippen molar-refractivity contribution in [1.29, 1.82) is 0 Å². The van der Waals surface area contributed by atoms with E-state index in [9.17, 15) is 14.7 Å². The normalized spacial score (nSPS) is 16.8. The highest BCUT2D eigenvalue weighted by molar-refractivity contribution is 5.96. The molecule has 0 bridgehead atoms. The van der Waals surface area contributed by atoms with E-state index in [-0.39, 0.29) is 12.5 Å². The van der Waals surface area contributed by atoms with Crippen molar-refractivity contribution in [3.05, 3.63) is 30.0 Å². The highest BCUT2D eigenvalue weighted by Crippen LogP contribution is 2.36. The van der Waals surface area contributed by atoms with Gasteiger partial charge >= 0.3 is 0 Å². The molecule has 1 aromatic heterocycles. The molecule has 2 aliphatic carbocycles. The van der Waals surface area contributed by atoms with Gasteiger partial charge in [-0.25, -0.2) is 4.98 Å². The second-order valence-electron chi connectivity index (χ2n) is 11.2. The van der Waals surface area contributed by atoms with E-state index < -0.39 is 5.54 Å². The van der Waals surface area contributed by atoms with Gasteiger partial charge in [0.05, 0.1) is 31.1 Å². The summed E-state index contributed by atoms with van der Waals surface area (Å²) >= 11 is 0. The number of methoxy groups -OCH3 is 1. The standard InChI is InChI=1S/C29H42N6O4/c1-20(2)17-35(22-9-5-6-10-22)26-24(34(3)19-37)16-30-28(32-26)31-23-12-11-21(15-25(23)39-4)27(38)33-29(18-36)13-7-8-14-29/h11-12,15-16,19-20,22,36H,5-10,13-14,17-18H2,1-4H3,(H,33,38)(H,30,31,32). The molecule has 3 N–H and O–H groups in total. The minimum atomic E-state index is -0.552. The van der Waals surface area contributed by atoms with Crippen molar-refractivity contribution in [2.45, 2.75) is 76.8 Å². The number of nitrogens with one attached hydrogen (secondary N) is 2. The number of ether oxygens (including phenoxy) is 1. The summed E-state index contributed by atoms with van der Waals surface area (Å²) in [5.41, 5.74) is 1.17. The Morgan fingerprint density at radius 1 is 1.23 bits per heavy atom. The minimum absolute atomic E-state index is 0.0703. The lowest BCUT2D eigenvalue weighted by Gasteiger charge is -2.34. The van der Waals surface area contributed by atoms with E-state index in [1.807, 2.05) is 0 Å². The summed E-state index contributed by atoms with van der Waals surface area (Å²) in [6, 6.07) is 5.53. The van der Waals surface area contributed by atoms with E-state index in [0.29, 0.717) is 40.6 Å². The number of benzene rings is 1. The van der Waals surface area contributed by atoms with Gasteiger partial charge in [-0.3, -0.25) is 9.59 Å². The molecule has 2 fully saturated rings. The van der Waals surface area contributed by atoms with E-state index >= 15 is 0 Å². The minimum Gasteiger partial charge on any atom is -0.495 e. The lowest BCUT2D eigenvalue weighted by Crippen LogP contribution is -2.49. The largest absolute Gasteiger partial charge is 0.495 e. The Hall–Kier alpha value is -3.40. The molecule has 0 aliphatic heterocycles. The number of aromatic nitrogens is 2. The van der Waals surface area contributed by atoms with Gasteiger partial charge in [0.15, 0.2) is 5.82 Å². The van der Waals surface area contributed by atoms with Crippen LogP contribution in [0.5, 0.6) is 5.75 Å². The quantitative estimate of drug-likeness (QED) is 0.343.